The lowest BCUT2D eigenvalue weighted by molar-refractivity contribution is 0.174. The first-order valence-electron chi connectivity index (χ1n) is 10.0. The van der Waals surface area contributed by atoms with Crippen LogP contribution >= 0.6 is 11.8 Å². The number of piperidine rings is 1. The molecule has 2 amide bonds. The van der Waals surface area contributed by atoms with Crippen molar-refractivity contribution >= 4 is 29.2 Å². The van der Waals surface area contributed by atoms with Gasteiger partial charge in [-0.2, -0.15) is 0 Å². The van der Waals surface area contributed by atoms with Gasteiger partial charge in [-0.25, -0.2) is 9.18 Å². The maximum absolute atomic E-state index is 13.9. The Labute approximate surface area is 179 Å². The molecule has 7 heteroatoms. The molecule has 2 aliphatic heterocycles. The van der Waals surface area contributed by atoms with Crippen molar-refractivity contribution in [2.24, 2.45) is 0 Å². The Hall–Kier alpha value is -2.93. The fourth-order valence-electron chi connectivity index (χ4n) is 4.50. The van der Waals surface area contributed by atoms with E-state index in [9.17, 15) is 9.18 Å². The zero-order valence-electron chi connectivity index (χ0n) is 16.7. The molecule has 0 atom stereocenters. The number of rotatable bonds is 2. The average Bonchev–Trinajstić information content (AvgIpc) is 3.25. The number of halogens is 1. The van der Waals surface area contributed by atoms with Gasteiger partial charge in [0.25, 0.3) is 0 Å². The van der Waals surface area contributed by atoms with Crippen molar-refractivity contribution in [2.45, 2.75) is 23.3 Å². The van der Waals surface area contributed by atoms with Crippen molar-refractivity contribution in [3.05, 3.63) is 72.3 Å². The molecule has 0 radical (unpaired) electrons. The highest BCUT2D eigenvalue weighted by molar-refractivity contribution is 7.98. The van der Waals surface area contributed by atoms with Crippen molar-refractivity contribution in [3.8, 4) is 5.69 Å². The van der Waals surface area contributed by atoms with E-state index in [1.807, 2.05) is 47.7 Å². The lowest BCUT2D eigenvalue weighted by Gasteiger charge is -2.46. The predicted molar refractivity (Wildman–Crippen MR) is 119 cm³/mol. The number of nitrogens with zero attached hydrogens (tertiary/aromatic N) is 2. The summed E-state index contributed by atoms with van der Waals surface area (Å²) in [6.45, 7) is 1.24. The van der Waals surface area contributed by atoms with Gasteiger partial charge in [-0.1, -0.05) is 6.07 Å². The molecular formula is C23H23FN4OS. The van der Waals surface area contributed by atoms with Crippen molar-refractivity contribution in [2.75, 3.05) is 30.0 Å². The third-order valence-corrected chi connectivity index (χ3v) is 6.78. The number of nitrogens with one attached hydrogen (secondary N) is 2. The summed E-state index contributed by atoms with van der Waals surface area (Å²) in [5.74, 6) is -0.253. The number of likely N-dealkylation sites (tertiary alicyclic amines) is 1. The molecule has 0 saturated carbocycles. The number of benzene rings is 2. The van der Waals surface area contributed by atoms with Gasteiger partial charge in [-0.3, -0.25) is 0 Å². The molecule has 2 N–H and O–H groups in total. The molecule has 0 bridgehead atoms. The van der Waals surface area contributed by atoms with Crippen LogP contribution in [0, 0.1) is 5.82 Å². The summed E-state index contributed by atoms with van der Waals surface area (Å²) >= 11 is 1.65. The quantitative estimate of drug-likeness (QED) is 0.552. The largest absolute Gasteiger partial charge is 0.372 e. The maximum Gasteiger partial charge on any atom is 0.321 e. The van der Waals surface area contributed by atoms with Gasteiger partial charge in [0.1, 0.15) is 5.82 Å². The molecule has 0 aliphatic carbocycles. The first-order valence-corrected chi connectivity index (χ1v) is 11.3. The van der Waals surface area contributed by atoms with Crippen LogP contribution in [-0.4, -0.2) is 34.8 Å². The second-order valence-corrected chi connectivity index (χ2v) is 8.66. The lowest BCUT2D eigenvalue weighted by Crippen LogP contribution is -2.51. The number of carbonyl (C=O) groups excluding carboxylic acids is 1. The predicted octanol–water partition coefficient (Wildman–Crippen LogP) is 5.29. The number of amides is 2. The van der Waals surface area contributed by atoms with Crippen LogP contribution in [0.25, 0.3) is 5.69 Å². The molecule has 2 aliphatic rings. The summed E-state index contributed by atoms with van der Waals surface area (Å²) in [7, 11) is 0. The van der Waals surface area contributed by atoms with Crippen molar-refractivity contribution < 1.29 is 9.18 Å². The van der Waals surface area contributed by atoms with Crippen LogP contribution in [0.15, 0.2) is 65.7 Å². The molecule has 1 fully saturated rings. The summed E-state index contributed by atoms with van der Waals surface area (Å²) in [5, 5.41) is 6.61. The van der Waals surface area contributed by atoms with Crippen LogP contribution in [0.4, 0.5) is 20.6 Å². The van der Waals surface area contributed by atoms with Gasteiger partial charge >= 0.3 is 6.03 Å². The molecule has 3 aromatic rings. The van der Waals surface area contributed by atoms with Gasteiger partial charge < -0.3 is 20.1 Å². The summed E-state index contributed by atoms with van der Waals surface area (Å²) in [5.41, 5.74) is 3.41. The fraction of sp³-hybridized carbons (Fsp3) is 0.261. The number of anilines is 2. The Morgan fingerprint density at radius 3 is 2.77 bits per heavy atom. The minimum Gasteiger partial charge on any atom is -0.372 e. The van der Waals surface area contributed by atoms with Gasteiger partial charge in [0, 0.05) is 35.6 Å². The Bertz CT molecular complexity index is 1100. The maximum atomic E-state index is 13.9. The van der Waals surface area contributed by atoms with Crippen molar-refractivity contribution in [1.82, 2.24) is 9.47 Å². The summed E-state index contributed by atoms with van der Waals surface area (Å²) in [4.78, 5) is 15.8. The minimum absolute atomic E-state index is 0.0826. The van der Waals surface area contributed by atoms with Crippen LogP contribution in [-0.2, 0) is 5.54 Å². The Morgan fingerprint density at radius 1 is 1.13 bits per heavy atom. The van der Waals surface area contributed by atoms with E-state index in [1.54, 1.807) is 23.9 Å². The van der Waals surface area contributed by atoms with Crippen LogP contribution in [0.2, 0.25) is 0 Å². The van der Waals surface area contributed by atoms with E-state index in [2.05, 4.69) is 21.3 Å². The van der Waals surface area contributed by atoms with Crippen LogP contribution in [0.1, 0.15) is 18.5 Å². The molecule has 154 valence electrons. The molecule has 5 rings (SSSR count). The zero-order valence-corrected chi connectivity index (χ0v) is 17.5. The van der Waals surface area contributed by atoms with Crippen molar-refractivity contribution in [3.63, 3.8) is 0 Å². The second-order valence-electron chi connectivity index (χ2n) is 7.78. The first kappa shape index (κ1) is 19.1. The van der Waals surface area contributed by atoms with Gasteiger partial charge in [0.2, 0.25) is 0 Å². The summed E-state index contributed by atoms with van der Waals surface area (Å²) in [6.07, 6.45) is 5.55. The highest BCUT2D eigenvalue weighted by Crippen LogP contribution is 2.43. The lowest BCUT2D eigenvalue weighted by atomic mass is 9.82. The standard InChI is InChI=1S/C23H23FN4OS/c1-30-18-5-2-4-17(15-18)25-22(29)27-12-9-23(10-13-27)21-6-3-11-28(21)20-8-7-16(24)14-19(20)26-23/h2-8,11,14-15,26H,9-10,12-13H2,1H3,(H,25,29). The highest BCUT2D eigenvalue weighted by Gasteiger charge is 2.42. The van der Waals surface area contributed by atoms with Crippen LogP contribution < -0.4 is 10.6 Å². The van der Waals surface area contributed by atoms with Crippen molar-refractivity contribution in [1.29, 1.82) is 0 Å². The molecule has 1 spiro atoms. The molecule has 5 nitrogen and oxygen atoms in total. The van der Waals surface area contributed by atoms with Gasteiger partial charge in [-0.05, 0) is 67.6 Å². The number of carbonyl (C=O) groups is 1. The molecule has 1 saturated heterocycles. The van der Waals surface area contributed by atoms with E-state index in [4.69, 9.17) is 0 Å². The number of hydrogen-bond donors (Lipinski definition) is 2. The van der Waals surface area contributed by atoms with E-state index < -0.39 is 0 Å². The third-order valence-electron chi connectivity index (χ3n) is 6.06. The summed E-state index contributed by atoms with van der Waals surface area (Å²) < 4.78 is 16.0. The normalized spacial score (nSPS) is 16.5. The summed E-state index contributed by atoms with van der Waals surface area (Å²) in [6, 6.07) is 16.8. The molecule has 30 heavy (non-hydrogen) atoms. The Morgan fingerprint density at radius 2 is 1.97 bits per heavy atom. The molecular weight excluding hydrogens is 399 g/mol. The van der Waals surface area contributed by atoms with Gasteiger partial charge in [0.05, 0.1) is 16.9 Å². The van der Waals surface area contributed by atoms with E-state index >= 15 is 0 Å². The second kappa shape index (κ2) is 7.40. The van der Waals surface area contributed by atoms with E-state index in [0.29, 0.717) is 13.1 Å². The average molecular weight is 423 g/mol. The van der Waals surface area contributed by atoms with Gasteiger partial charge in [0.15, 0.2) is 0 Å². The monoisotopic (exact) mass is 422 g/mol. The number of hydrogen-bond acceptors (Lipinski definition) is 3. The van der Waals surface area contributed by atoms with Gasteiger partial charge in [-0.15, -0.1) is 11.8 Å². The first-order chi connectivity index (χ1) is 14.6. The number of aromatic nitrogens is 1. The Kier molecular flexibility index (Phi) is 4.70. The van der Waals surface area contributed by atoms with Crippen LogP contribution in [0.5, 0.6) is 0 Å². The highest BCUT2D eigenvalue weighted by atomic mass is 32.2. The van der Waals surface area contributed by atoms with E-state index in [-0.39, 0.29) is 17.4 Å². The molecule has 1 aromatic heterocycles. The molecule has 3 heterocycles. The fourth-order valence-corrected chi connectivity index (χ4v) is 4.96. The minimum atomic E-state index is -0.306. The Balaban J connectivity index is 1.33. The third kappa shape index (κ3) is 3.23. The molecule has 0 unspecified atom stereocenters. The van der Waals surface area contributed by atoms with E-state index in [1.165, 1.54) is 6.07 Å². The zero-order chi connectivity index (χ0) is 20.7. The molecule has 2 aromatic carbocycles. The topological polar surface area (TPSA) is 49.3 Å². The number of urea groups is 1. The number of fused-ring (bicyclic) bond motifs is 4. The number of thioether (sulfide) groups is 1. The van der Waals surface area contributed by atoms with E-state index in [0.717, 1.165) is 40.5 Å². The van der Waals surface area contributed by atoms with Crippen LogP contribution in [0.3, 0.4) is 0 Å². The SMILES string of the molecule is CSc1cccc(NC(=O)N2CCC3(CC2)Nc2cc(F)ccc2-n2cccc23)c1. The smallest absolute Gasteiger partial charge is 0.321 e.